The second-order valence-corrected chi connectivity index (χ2v) is 4.17. The second-order valence-electron chi connectivity index (χ2n) is 2.46. The molecule has 0 aliphatic carbocycles. The lowest BCUT2D eigenvalue weighted by Crippen LogP contribution is -1.81. The summed E-state index contributed by atoms with van der Waals surface area (Å²) in [5, 5.41) is 0. The number of carbonyl (C=O) groups excluding carboxylic acids is 1. The molecule has 0 amide bonds. The molecular formula is C9H7Br2NO. The van der Waals surface area contributed by atoms with Crippen molar-refractivity contribution in [3.8, 4) is 0 Å². The lowest BCUT2D eigenvalue weighted by molar-refractivity contribution is 0.565. The van der Waals surface area contributed by atoms with E-state index in [1.807, 2.05) is 12.1 Å². The molecule has 1 aromatic rings. The highest BCUT2D eigenvalue weighted by atomic mass is 79.9. The monoisotopic (exact) mass is 303 g/mol. The smallest absolute Gasteiger partial charge is 0.211 e. The van der Waals surface area contributed by atoms with E-state index in [0.29, 0.717) is 5.69 Å². The van der Waals surface area contributed by atoms with Gasteiger partial charge < -0.3 is 0 Å². The summed E-state index contributed by atoms with van der Waals surface area (Å²) in [5.41, 5.74) is 1.77. The summed E-state index contributed by atoms with van der Waals surface area (Å²) in [6.45, 7) is 2.07. The molecule has 0 fully saturated rings. The first-order valence-corrected chi connectivity index (χ1v) is 5.33. The molecule has 0 heterocycles. The minimum Gasteiger partial charge on any atom is -0.211 e. The second kappa shape index (κ2) is 4.70. The fourth-order valence-corrected chi connectivity index (χ4v) is 2.43. The molecule has 1 rings (SSSR count). The summed E-state index contributed by atoms with van der Waals surface area (Å²) in [6.07, 6.45) is 2.46. The summed E-state index contributed by atoms with van der Waals surface area (Å²) in [7, 11) is 0. The van der Waals surface area contributed by atoms with Gasteiger partial charge in [0, 0.05) is 8.95 Å². The molecule has 68 valence electrons. The van der Waals surface area contributed by atoms with Gasteiger partial charge >= 0.3 is 0 Å². The Labute approximate surface area is 93.3 Å². The van der Waals surface area contributed by atoms with Crippen LogP contribution in [0.1, 0.15) is 12.5 Å². The number of rotatable bonds is 2. The molecule has 1 aromatic carbocycles. The van der Waals surface area contributed by atoms with Gasteiger partial charge in [0.15, 0.2) is 0 Å². The van der Waals surface area contributed by atoms with Crippen LogP contribution in [-0.4, -0.2) is 6.08 Å². The number of hydrogen-bond donors (Lipinski definition) is 0. The Morgan fingerprint density at radius 2 is 1.92 bits per heavy atom. The van der Waals surface area contributed by atoms with Gasteiger partial charge in [0.25, 0.3) is 0 Å². The Balaban J connectivity index is 3.30. The average molecular weight is 305 g/mol. The van der Waals surface area contributed by atoms with Crippen molar-refractivity contribution in [1.29, 1.82) is 0 Å². The topological polar surface area (TPSA) is 29.4 Å². The number of benzene rings is 1. The first kappa shape index (κ1) is 10.6. The average Bonchev–Trinajstić information content (AvgIpc) is 2.11. The minimum absolute atomic E-state index is 0.590. The van der Waals surface area contributed by atoms with Crippen LogP contribution in [0.4, 0.5) is 5.69 Å². The van der Waals surface area contributed by atoms with E-state index >= 15 is 0 Å². The zero-order valence-electron chi connectivity index (χ0n) is 6.97. The standard InChI is InChI=1S/C9H7Br2NO/c1-2-6-3-7(10)9(12-5-13)8(11)4-6/h3-4H,2H2,1H3. The normalized spacial score (nSPS) is 9.46. The molecule has 0 N–H and O–H groups in total. The molecule has 0 unspecified atom stereocenters. The van der Waals surface area contributed by atoms with Gasteiger partial charge in [-0.2, -0.15) is 4.99 Å². The van der Waals surface area contributed by atoms with E-state index < -0.39 is 0 Å². The molecule has 13 heavy (non-hydrogen) atoms. The third-order valence-corrected chi connectivity index (χ3v) is 2.85. The molecule has 0 bridgehead atoms. The first-order valence-electron chi connectivity index (χ1n) is 3.74. The Morgan fingerprint density at radius 1 is 1.38 bits per heavy atom. The van der Waals surface area contributed by atoms with E-state index in [-0.39, 0.29) is 0 Å². The predicted molar refractivity (Wildman–Crippen MR) is 59.0 cm³/mol. The lowest BCUT2D eigenvalue weighted by atomic mass is 10.1. The summed E-state index contributed by atoms with van der Waals surface area (Å²) >= 11 is 6.67. The number of nitrogens with zero attached hydrogens (tertiary/aromatic N) is 1. The van der Waals surface area contributed by atoms with Gasteiger partial charge in [0.05, 0.1) is 0 Å². The highest BCUT2D eigenvalue weighted by Crippen LogP contribution is 2.34. The zero-order chi connectivity index (χ0) is 9.84. The van der Waals surface area contributed by atoms with Crippen LogP contribution in [0.25, 0.3) is 0 Å². The predicted octanol–water partition coefficient (Wildman–Crippen LogP) is 3.74. The third-order valence-electron chi connectivity index (χ3n) is 1.64. The lowest BCUT2D eigenvalue weighted by Gasteiger charge is -2.03. The highest BCUT2D eigenvalue weighted by Gasteiger charge is 2.05. The summed E-state index contributed by atoms with van der Waals surface area (Å²) in [6, 6.07) is 3.89. The molecule has 0 radical (unpaired) electrons. The van der Waals surface area contributed by atoms with Crippen molar-refractivity contribution in [3.63, 3.8) is 0 Å². The summed E-state index contributed by atoms with van der Waals surface area (Å²) in [4.78, 5) is 13.7. The molecule has 2 nitrogen and oxygen atoms in total. The fraction of sp³-hybridized carbons (Fsp3) is 0.222. The van der Waals surface area contributed by atoms with Crippen LogP contribution in [0, 0.1) is 0 Å². The quantitative estimate of drug-likeness (QED) is 0.604. The summed E-state index contributed by atoms with van der Waals surface area (Å²) in [5.74, 6) is 0. The molecule has 0 saturated heterocycles. The van der Waals surface area contributed by atoms with Gasteiger partial charge in [-0.25, -0.2) is 4.79 Å². The van der Waals surface area contributed by atoms with Gasteiger partial charge in [-0.15, -0.1) is 0 Å². The van der Waals surface area contributed by atoms with Crippen LogP contribution in [-0.2, 0) is 11.2 Å². The van der Waals surface area contributed by atoms with Crippen molar-refractivity contribution in [1.82, 2.24) is 0 Å². The van der Waals surface area contributed by atoms with Gasteiger partial charge in [-0.05, 0) is 56.0 Å². The maximum atomic E-state index is 10.1. The Kier molecular flexibility index (Phi) is 3.85. The van der Waals surface area contributed by atoms with E-state index in [4.69, 9.17) is 0 Å². The van der Waals surface area contributed by atoms with Crippen molar-refractivity contribution in [2.75, 3.05) is 0 Å². The minimum atomic E-state index is 0.590. The highest BCUT2D eigenvalue weighted by molar-refractivity contribution is 9.11. The van der Waals surface area contributed by atoms with Crippen LogP contribution >= 0.6 is 31.9 Å². The van der Waals surface area contributed by atoms with Crippen molar-refractivity contribution in [3.05, 3.63) is 26.6 Å². The molecule has 0 saturated carbocycles. The zero-order valence-corrected chi connectivity index (χ0v) is 10.1. The van der Waals surface area contributed by atoms with Crippen LogP contribution in [0.2, 0.25) is 0 Å². The number of aryl methyl sites for hydroxylation is 1. The Morgan fingerprint density at radius 3 is 2.31 bits per heavy atom. The number of halogens is 2. The van der Waals surface area contributed by atoms with Crippen molar-refractivity contribution < 1.29 is 4.79 Å². The number of isocyanates is 1. The van der Waals surface area contributed by atoms with E-state index in [9.17, 15) is 4.79 Å². The molecule has 0 spiro atoms. The SMILES string of the molecule is CCc1cc(Br)c(N=C=O)c(Br)c1. The van der Waals surface area contributed by atoms with E-state index in [1.54, 1.807) is 0 Å². The maximum absolute atomic E-state index is 10.1. The van der Waals surface area contributed by atoms with E-state index in [2.05, 4.69) is 43.8 Å². The molecular weight excluding hydrogens is 298 g/mol. The van der Waals surface area contributed by atoms with Crippen LogP contribution in [0.3, 0.4) is 0 Å². The van der Waals surface area contributed by atoms with Gasteiger partial charge in [0.1, 0.15) is 5.69 Å². The van der Waals surface area contributed by atoms with Crippen molar-refractivity contribution in [2.24, 2.45) is 4.99 Å². The van der Waals surface area contributed by atoms with E-state index in [1.165, 1.54) is 11.6 Å². The van der Waals surface area contributed by atoms with Crippen molar-refractivity contribution >= 4 is 43.6 Å². The number of aliphatic imine (C=N–C) groups is 1. The summed E-state index contributed by atoms with van der Waals surface area (Å²) < 4.78 is 1.61. The van der Waals surface area contributed by atoms with E-state index in [0.717, 1.165) is 15.4 Å². The molecule has 0 aromatic heterocycles. The Bertz CT molecular complexity index is 347. The molecule has 0 atom stereocenters. The number of hydrogen-bond acceptors (Lipinski definition) is 2. The largest absolute Gasteiger partial charge is 0.240 e. The van der Waals surface area contributed by atoms with Crippen LogP contribution < -0.4 is 0 Å². The third kappa shape index (κ3) is 2.50. The fourth-order valence-electron chi connectivity index (χ4n) is 0.975. The van der Waals surface area contributed by atoms with Crippen LogP contribution in [0.15, 0.2) is 26.1 Å². The first-order chi connectivity index (χ1) is 6.19. The Hall–Kier alpha value is -0.440. The molecule has 0 aliphatic rings. The molecule has 0 aliphatic heterocycles. The van der Waals surface area contributed by atoms with Crippen LogP contribution in [0.5, 0.6) is 0 Å². The van der Waals surface area contributed by atoms with Crippen molar-refractivity contribution in [2.45, 2.75) is 13.3 Å². The molecule has 4 heteroatoms. The maximum Gasteiger partial charge on any atom is 0.240 e. The van der Waals surface area contributed by atoms with Gasteiger partial charge in [-0.3, -0.25) is 0 Å². The van der Waals surface area contributed by atoms with Gasteiger partial charge in [-0.1, -0.05) is 6.92 Å². The van der Waals surface area contributed by atoms with Gasteiger partial charge in [0.2, 0.25) is 6.08 Å².